The molecular weight excluding hydrogens is 342 g/mol. The van der Waals surface area contributed by atoms with Crippen LogP contribution in [-0.4, -0.2) is 6.29 Å². The summed E-state index contributed by atoms with van der Waals surface area (Å²) in [5, 5.41) is 0. The molecule has 0 unspecified atom stereocenters. The largest absolute Gasteiger partial charge is 2.00 e. The summed E-state index contributed by atoms with van der Waals surface area (Å²) < 4.78 is 9.81. The van der Waals surface area contributed by atoms with Crippen LogP contribution in [0.5, 0.6) is 0 Å². The Morgan fingerprint density at radius 2 is 1.44 bits per heavy atom. The average molecular weight is 354 g/mol. The summed E-state index contributed by atoms with van der Waals surface area (Å²) in [5.74, 6) is 0. The van der Waals surface area contributed by atoms with Gasteiger partial charge < -0.3 is 9.47 Å². The van der Waals surface area contributed by atoms with Crippen molar-refractivity contribution in [2.75, 3.05) is 0 Å². The number of hydrogen-bond donors (Lipinski definition) is 0. The van der Waals surface area contributed by atoms with Gasteiger partial charge in [0.15, 0.2) is 0 Å². The summed E-state index contributed by atoms with van der Waals surface area (Å²) in [4.78, 5) is 0. The van der Waals surface area contributed by atoms with E-state index in [1.54, 1.807) is 13.2 Å². The summed E-state index contributed by atoms with van der Waals surface area (Å²) in [5.41, 5.74) is 0. The van der Waals surface area contributed by atoms with Crippen LogP contribution in [0.4, 0.5) is 0 Å². The molecule has 0 fully saturated rings. The predicted octanol–water partition coefficient (Wildman–Crippen LogP) is 1.73. The fraction of sp³-hybridized carbons (Fsp3) is 0.667. The van der Waals surface area contributed by atoms with Gasteiger partial charge in [-0.15, -0.1) is 0 Å². The summed E-state index contributed by atoms with van der Waals surface area (Å²) in [6.45, 7) is 8.67. The summed E-state index contributed by atoms with van der Waals surface area (Å²) >= 11 is 0. The van der Waals surface area contributed by atoms with E-state index in [2.05, 4.69) is 0 Å². The molecule has 0 aliphatic carbocycles. The van der Waals surface area contributed by atoms with Gasteiger partial charge in [0.05, 0.1) is 6.29 Å². The fourth-order valence-corrected chi connectivity index (χ4v) is 0.415. The molecule has 0 aromatic carbocycles. The number of ether oxygens (including phenoxy) is 2. The molecule has 0 spiro atoms. The third kappa shape index (κ3) is 8.97. The van der Waals surface area contributed by atoms with Crippen LogP contribution in [0.1, 0.15) is 20.8 Å². The maximum Gasteiger partial charge on any atom is 2.00 e. The van der Waals surface area contributed by atoms with Crippen molar-refractivity contribution in [3.8, 4) is 0 Å². The quantitative estimate of drug-likeness (QED) is 0.566. The van der Waals surface area contributed by atoms with E-state index in [0.717, 1.165) is 0 Å². The first-order chi connectivity index (χ1) is 3.81. The van der Waals surface area contributed by atoms with Gasteiger partial charge in [-0.2, -0.15) is 13.8 Å². The first-order valence-electron chi connectivity index (χ1n) is 2.67. The Morgan fingerprint density at radius 3 is 1.67 bits per heavy atom. The Kier molecular flexibility index (Phi) is 12.6. The SMILES string of the molecule is C[CH-]OC(C)O[CH-]C.[U+2]. The van der Waals surface area contributed by atoms with Crippen molar-refractivity contribution in [1.82, 2.24) is 0 Å². The van der Waals surface area contributed by atoms with Crippen molar-refractivity contribution in [2.24, 2.45) is 0 Å². The second-order valence-corrected chi connectivity index (χ2v) is 1.31. The van der Waals surface area contributed by atoms with E-state index in [9.17, 15) is 0 Å². The standard InChI is InChI=1S/C6H12O2.U/c1-4-7-6(3)8-5-2;/h4-6H,1-3H3;/q-2;+2. The molecule has 0 amide bonds. The molecule has 2 nitrogen and oxygen atoms in total. The van der Waals surface area contributed by atoms with E-state index < -0.39 is 0 Å². The summed E-state index contributed by atoms with van der Waals surface area (Å²) in [6.07, 6.45) is -0.148. The Hall–Kier alpha value is 0.972. The van der Waals surface area contributed by atoms with Gasteiger partial charge in [-0.1, -0.05) is 0 Å². The molecule has 0 N–H and O–H groups in total. The molecule has 0 bridgehead atoms. The maximum absolute atomic E-state index is 4.90. The van der Waals surface area contributed by atoms with Crippen LogP contribution in [-0.2, 0) is 9.47 Å². The number of hydrogen-bond acceptors (Lipinski definition) is 2. The molecule has 0 aliphatic rings. The van der Waals surface area contributed by atoms with Crippen LogP contribution >= 0.6 is 0 Å². The van der Waals surface area contributed by atoms with Gasteiger partial charge in [0.1, 0.15) is 0 Å². The van der Waals surface area contributed by atoms with E-state index in [4.69, 9.17) is 9.47 Å². The topological polar surface area (TPSA) is 18.5 Å². The molecule has 0 saturated heterocycles. The Labute approximate surface area is 80.7 Å². The molecule has 0 saturated carbocycles. The second kappa shape index (κ2) is 8.97. The normalized spacial score (nSPS) is 9.33. The fourth-order valence-electron chi connectivity index (χ4n) is 0.415. The van der Waals surface area contributed by atoms with Crippen molar-refractivity contribution in [3.05, 3.63) is 13.2 Å². The number of rotatable bonds is 4. The smallest absolute Gasteiger partial charge is 0.532 e. The van der Waals surface area contributed by atoms with Crippen LogP contribution < -0.4 is 0 Å². The molecule has 0 rings (SSSR count). The van der Waals surface area contributed by atoms with Crippen LogP contribution in [0.3, 0.4) is 0 Å². The molecule has 0 radical (unpaired) electrons. The molecule has 3 heteroatoms. The average Bonchev–Trinajstić information content (AvgIpc) is 1.68. The first kappa shape index (κ1) is 12.6. The molecule has 9 heavy (non-hydrogen) atoms. The van der Waals surface area contributed by atoms with Crippen molar-refractivity contribution in [3.63, 3.8) is 0 Å². The zero-order valence-corrected chi connectivity index (χ0v) is 10.2. The Morgan fingerprint density at radius 1 is 1.11 bits per heavy atom. The van der Waals surface area contributed by atoms with Gasteiger partial charge in [-0.05, 0) is 6.92 Å². The molecule has 0 aromatic heterocycles. The first-order valence-corrected chi connectivity index (χ1v) is 2.67. The zero-order valence-electron chi connectivity index (χ0n) is 6.05. The van der Waals surface area contributed by atoms with E-state index in [1.807, 2.05) is 20.8 Å². The molecule has 0 atom stereocenters. The summed E-state index contributed by atoms with van der Waals surface area (Å²) in [7, 11) is 0. The van der Waals surface area contributed by atoms with E-state index >= 15 is 0 Å². The molecule has 0 heterocycles. The van der Waals surface area contributed by atoms with Gasteiger partial charge >= 0.3 is 31.1 Å². The van der Waals surface area contributed by atoms with Crippen LogP contribution in [0.2, 0.25) is 0 Å². The van der Waals surface area contributed by atoms with Gasteiger partial charge in [-0.3, -0.25) is 0 Å². The minimum absolute atomic E-state index is 0. The molecule has 52 valence electrons. The van der Waals surface area contributed by atoms with Crippen LogP contribution in [0.15, 0.2) is 0 Å². The predicted molar refractivity (Wildman–Crippen MR) is 31.6 cm³/mol. The van der Waals surface area contributed by atoms with Gasteiger partial charge in [0.25, 0.3) is 0 Å². The maximum atomic E-state index is 4.90. The van der Waals surface area contributed by atoms with Crippen molar-refractivity contribution in [2.45, 2.75) is 27.1 Å². The van der Waals surface area contributed by atoms with Gasteiger partial charge in [-0.25, -0.2) is 13.2 Å². The Balaban J connectivity index is 0. The van der Waals surface area contributed by atoms with Gasteiger partial charge in [0.2, 0.25) is 0 Å². The van der Waals surface area contributed by atoms with Crippen molar-refractivity contribution in [1.29, 1.82) is 0 Å². The second-order valence-electron chi connectivity index (χ2n) is 1.31. The Bertz CT molecular complexity index is 44.3. The third-order valence-electron chi connectivity index (χ3n) is 0.655. The van der Waals surface area contributed by atoms with Crippen molar-refractivity contribution >= 4 is 0 Å². The van der Waals surface area contributed by atoms with Crippen molar-refractivity contribution < 1.29 is 40.6 Å². The minimum Gasteiger partial charge on any atom is -0.532 e. The van der Waals surface area contributed by atoms with E-state index in [1.165, 1.54) is 0 Å². The molecule has 0 aromatic rings. The summed E-state index contributed by atoms with van der Waals surface area (Å²) in [6, 6.07) is 0. The van der Waals surface area contributed by atoms with E-state index in [0.29, 0.717) is 0 Å². The monoisotopic (exact) mass is 354 g/mol. The third-order valence-corrected chi connectivity index (χ3v) is 0.655. The molecule has 0 aliphatic heterocycles. The van der Waals surface area contributed by atoms with Gasteiger partial charge in [0, 0.05) is 0 Å². The van der Waals surface area contributed by atoms with Crippen LogP contribution in [0.25, 0.3) is 0 Å². The zero-order chi connectivity index (χ0) is 6.41. The minimum atomic E-state index is -0.148. The molecular formula is C6H12O2U. The van der Waals surface area contributed by atoms with Crippen LogP contribution in [0, 0.1) is 44.3 Å². The van der Waals surface area contributed by atoms with E-state index in [-0.39, 0.29) is 37.4 Å².